The van der Waals surface area contributed by atoms with Crippen LogP contribution in [-0.2, 0) is 9.63 Å². The summed E-state index contributed by atoms with van der Waals surface area (Å²) in [5.74, 6) is -1.23. The molecular formula is C5H6N4O3S. The number of carbonyl (C=O) groups excluding carboxylic acids is 2. The molecular weight excluding hydrogens is 196 g/mol. The number of nitrogens with two attached hydrogens (primary N) is 1. The zero-order valence-electron chi connectivity index (χ0n) is 6.39. The third-order valence-corrected chi connectivity index (χ3v) is 1.48. The number of amides is 2. The first-order valence-corrected chi connectivity index (χ1v) is 4.01. The number of hydrogen-bond acceptors (Lipinski definition) is 6. The molecule has 0 unspecified atom stereocenters. The van der Waals surface area contributed by atoms with Crippen molar-refractivity contribution in [2.24, 2.45) is 5.73 Å². The highest BCUT2D eigenvalue weighted by atomic mass is 32.1. The fourth-order valence-electron chi connectivity index (χ4n) is 0.489. The predicted molar refractivity (Wildman–Crippen MR) is 42.5 cm³/mol. The van der Waals surface area contributed by atoms with E-state index in [-0.39, 0.29) is 12.3 Å². The molecule has 8 heteroatoms. The van der Waals surface area contributed by atoms with Crippen molar-refractivity contribution in [3.63, 3.8) is 0 Å². The Bertz CT molecular complexity index is 299. The standard InChI is InChI=1S/C5H6N4O3S/c6-4(10)1-12-8-5(11)3-2-13-9-7-3/h2H,1H2,(H2,6,10)(H,8,11). The first-order chi connectivity index (χ1) is 6.20. The molecule has 13 heavy (non-hydrogen) atoms. The van der Waals surface area contributed by atoms with Gasteiger partial charge in [-0.3, -0.25) is 14.4 Å². The van der Waals surface area contributed by atoms with E-state index in [1.807, 2.05) is 5.48 Å². The summed E-state index contributed by atoms with van der Waals surface area (Å²) < 4.78 is 3.47. The summed E-state index contributed by atoms with van der Waals surface area (Å²) in [6.07, 6.45) is 0. The second-order valence-electron chi connectivity index (χ2n) is 1.98. The molecule has 1 heterocycles. The molecule has 1 rings (SSSR count). The predicted octanol–water partition coefficient (Wildman–Crippen LogP) is -1.32. The van der Waals surface area contributed by atoms with Crippen LogP contribution < -0.4 is 11.2 Å². The lowest BCUT2D eigenvalue weighted by atomic mass is 10.5. The van der Waals surface area contributed by atoms with Crippen molar-refractivity contribution in [2.75, 3.05) is 6.61 Å². The number of hydrogen-bond donors (Lipinski definition) is 2. The molecule has 0 saturated carbocycles. The Morgan fingerprint density at radius 2 is 2.46 bits per heavy atom. The van der Waals surface area contributed by atoms with Gasteiger partial charge in [0.1, 0.15) is 0 Å². The maximum Gasteiger partial charge on any atom is 0.296 e. The summed E-state index contributed by atoms with van der Waals surface area (Å²) in [6.45, 7) is -0.372. The van der Waals surface area contributed by atoms with Gasteiger partial charge in [0.2, 0.25) is 5.91 Å². The molecule has 0 aliphatic heterocycles. The van der Waals surface area contributed by atoms with Crippen LogP contribution in [0.5, 0.6) is 0 Å². The van der Waals surface area contributed by atoms with E-state index in [0.717, 1.165) is 11.5 Å². The minimum atomic E-state index is -0.670. The molecule has 1 aromatic rings. The quantitative estimate of drug-likeness (QED) is 0.589. The molecule has 0 atom stereocenters. The van der Waals surface area contributed by atoms with Crippen molar-refractivity contribution < 1.29 is 14.4 Å². The van der Waals surface area contributed by atoms with E-state index in [9.17, 15) is 9.59 Å². The molecule has 0 saturated heterocycles. The molecule has 2 amide bonds. The van der Waals surface area contributed by atoms with Crippen molar-refractivity contribution in [2.45, 2.75) is 0 Å². The van der Waals surface area contributed by atoms with Crippen LogP contribution in [0.1, 0.15) is 10.5 Å². The Balaban J connectivity index is 2.31. The van der Waals surface area contributed by atoms with Crippen LogP contribution in [0, 0.1) is 0 Å². The maximum absolute atomic E-state index is 11.0. The van der Waals surface area contributed by atoms with Crippen molar-refractivity contribution >= 4 is 23.3 Å². The summed E-state index contributed by atoms with van der Waals surface area (Å²) in [6, 6.07) is 0. The third-order valence-electron chi connectivity index (χ3n) is 0.972. The summed E-state index contributed by atoms with van der Waals surface area (Å²) in [5.41, 5.74) is 6.87. The van der Waals surface area contributed by atoms with E-state index < -0.39 is 11.8 Å². The van der Waals surface area contributed by atoms with Crippen LogP contribution >= 0.6 is 11.5 Å². The van der Waals surface area contributed by atoms with Crippen LogP contribution in [0.25, 0.3) is 0 Å². The number of aromatic nitrogens is 2. The van der Waals surface area contributed by atoms with Crippen molar-refractivity contribution in [1.82, 2.24) is 15.1 Å². The molecule has 0 bridgehead atoms. The van der Waals surface area contributed by atoms with E-state index in [4.69, 9.17) is 5.73 Å². The van der Waals surface area contributed by atoms with Gasteiger partial charge in [-0.2, -0.15) is 0 Å². The van der Waals surface area contributed by atoms with Gasteiger partial charge in [-0.1, -0.05) is 4.49 Å². The van der Waals surface area contributed by atoms with E-state index >= 15 is 0 Å². The Hall–Kier alpha value is -1.54. The van der Waals surface area contributed by atoms with E-state index in [2.05, 4.69) is 14.4 Å². The molecule has 0 aliphatic rings. The second kappa shape index (κ2) is 4.48. The fourth-order valence-corrected chi connectivity index (χ4v) is 0.925. The van der Waals surface area contributed by atoms with Crippen LogP contribution in [0.3, 0.4) is 0 Å². The number of carbonyl (C=O) groups is 2. The minimum Gasteiger partial charge on any atom is -0.368 e. The van der Waals surface area contributed by atoms with E-state index in [1.54, 1.807) is 0 Å². The Kier molecular flexibility index (Phi) is 3.29. The second-order valence-corrected chi connectivity index (χ2v) is 2.59. The zero-order valence-corrected chi connectivity index (χ0v) is 7.21. The van der Waals surface area contributed by atoms with Crippen molar-refractivity contribution in [3.05, 3.63) is 11.1 Å². The summed E-state index contributed by atoms with van der Waals surface area (Å²) >= 11 is 1.04. The Labute approximate surface area is 77.0 Å². The normalized spacial score (nSPS) is 9.54. The van der Waals surface area contributed by atoms with Gasteiger partial charge < -0.3 is 5.73 Å². The molecule has 0 fully saturated rings. The molecule has 7 nitrogen and oxygen atoms in total. The van der Waals surface area contributed by atoms with Crippen LogP contribution in [0.2, 0.25) is 0 Å². The summed E-state index contributed by atoms with van der Waals surface area (Å²) in [5, 5.41) is 4.92. The molecule has 0 radical (unpaired) electrons. The molecule has 70 valence electrons. The summed E-state index contributed by atoms with van der Waals surface area (Å²) in [7, 11) is 0. The zero-order chi connectivity index (χ0) is 9.68. The lowest BCUT2D eigenvalue weighted by Gasteiger charge is -1.99. The number of rotatable bonds is 4. The lowest BCUT2D eigenvalue weighted by Crippen LogP contribution is -2.29. The molecule has 0 aromatic carbocycles. The van der Waals surface area contributed by atoms with Crippen molar-refractivity contribution in [1.29, 1.82) is 0 Å². The van der Waals surface area contributed by atoms with Crippen LogP contribution in [-0.4, -0.2) is 28.0 Å². The highest BCUT2D eigenvalue weighted by Gasteiger charge is 2.08. The molecule has 0 spiro atoms. The first-order valence-electron chi connectivity index (χ1n) is 3.17. The van der Waals surface area contributed by atoms with Gasteiger partial charge in [0, 0.05) is 5.38 Å². The molecule has 1 aromatic heterocycles. The average molecular weight is 202 g/mol. The average Bonchev–Trinajstić information content (AvgIpc) is 2.55. The number of hydroxylamine groups is 1. The highest BCUT2D eigenvalue weighted by Crippen LogP contribution is 1.95. The topological polar surface area (TPSA) is 107 Å². The van der Waals surface area contributed by atoms with E-state index in [0.29, 0.717) is 0 Å². The van der Waals surface area contributed by atoms with Gasteiger partial charge >= 0.3 is 0 Å². The monoisotopic (exact) mass is 202 g/mol. The molecule has 0 aliphatic carbocycles. The van der Waals surface area contributed by atoms with Gasteiger partial charge in [-0.15, -0.1) is 5.10 Å². The largest absolute Gasteiger partial charge is 0.368 e. The summed E-state index contributed by atoms with van der Waals surface area (Å²) in [4.78, 5) is 25.6. The smallest absolute Gasteiger partial charge is 0.296 e. The fraction of sp³-hybridized carbons (Fsp3) is 0.200. The third kappa shape index (κ3) is 3.13. The van der Waals surface area contributed by atoms with E-state index in [1.165, 1.54) is 5.38 Å². The highest BCUT2D eigenvalue weighted by molar-refractivity contribution is 7.03. The van der Waals surface area contributed by atoms with Crippen LogP contribution in [0.15, 0.2) is 5.38 Å². The number of nitrogens with zero attached hydrogens (tertiary/aromatic N) is 2. The van der Waals surface area contributed by atoms with Gasteiger partial charge in [0.15, 0.2) is 12.3 Å². The van der Waals surface area contributed by atoms with Gasteiger partial charge in [0.05, 0.1) is 0 Å². The lowest BCUT2D eigenvalue weighted by molar-refractivity contribution is -0.124. The van der Waals surface area contributed by atoms with Gasteiger partial charge in [-0.05, 0) is 11.5 Å². The SMILES string of the molecule is NC(=O)CONC(=O)c1csnn1. The van der Waals surface area contributed by atoms with Crippen molar-refractivity contribution in [3.8, 4) is 0 Å². The maximum atomic E-state index is 11.0. The minimum absolute atomic E-state index is 0.134. The van der Waals surface area contributed by atoms with Crippen LogP contribution in [0.4, 0.5) is 0 Å². The number of primary amides is 1. The van der Waals surface area contributed by atoms with Gasteiger partial charge in [0.25, 0.3) is 5.91 Å². The molecule has 3 N–H and O–H groups in total. The van der Waals surface area contributed by atoms with Gasteiger partial charge in [-0.25, -0.2) is 5.48 Å². The Morgan fingerprint density at radius 3 is 3.00 bits per heavy atom. The number of nitrogens with one attached hydrogen (secondary N) is 1. The Morgan fingerprint density at radius 1 is 1.69 bits per heavy atom. The first kappa shape index (κ1) is 9.55.